The number of aromatic nitrogens is 2. The summed E-state index contributed by atoms with van der Waals surface area (Å²) in [6, 6.07) is 13.1. The highest BCUT2D eigenvalue weighted by molar-refractivity contribution is 7.18. The number of halogens is 1. The van der Waals surface area contributed by atoms with E-state index >= 15 is 0 Å². The third-order valence-electron chi connectivity index (χ3n) is 3.82. The molecule has 2 N–H and O–H groups in total. The highest BCUT2D eigenvalue weighted by atomic mass is 35.5. The molecule has 1 atom stereocenters. The van der Waals surface area contributed by atoms with Crippen molar-refractivity contribution in [1.82, 2.24) is 15.5 Å². The number of carbonyl (C=O) groups is 2. The monoisotopic (exact) mass is 416 g/mol. The quantitative estimate of drug-likeness (QED) is 0.640. The molecule has 0 aliphatic rings. The summed E-state index contributed by atoms with van der Waals surface area (Å²) in [7, 11) is 1.60. The second kappa shape index (κ2) is 8.81. The van der Waals surface area contributed by atoms with Gasteiger partial charge in [-0.15, -0.1) is 10.2 Å². The van der Waals surface area contributed by atoms with Gasteiger partial charge >= 0.3 is 0 Å². The third-order valence-corrected chi connectivity index (χ3v) is 4.94. The summed E-state index contributed by atoms with van der Waals surface area (Å²) >= 11 is 7.12. The van der Waals surface area contributed by atoms with Gasteiger partial charge in [-0.3, -0.25) is 14.9 Å². The topological polar surface area (TPSA) is 93.2 Å². The number of carbonyl (C=O) groups excluding carboxylic acids is 2. The largest absolute Gasteiger partial charge is 0.497 e. The van der Waals surface area contributed by atoms with Gasteiger partial charge in [0, 0.05) is 16.1 Å². The second-order valence-corrected chi connectivity index (χ2v) is 7.25. The number of amides is 2. The Morgan fingerprint density at radius 3 is 2.57 bits per heavy atom. The standard InChI is InChI=1S/C19H17ClN4O3S/c1-11(21-17(26)13-4-3-5-14(20)10-13)16(25)22-19-24-23-18(28-19)12-6-8-15(27-2)9-7-12/h3-11H,1-2H3,(H,21,26)(H,22,24,25)/t11-/m1/s1. The normalized spacial score (nSPS) is 11.5. The third kappa shape index (κ3) is 4.85. The van der Waals surface area contributed by atoms with Crippen molar-refractivity contribution in [3.05, 3.63) is 59.1 Å². The summed E-state index contributed by atoms with van der Waals surface area (Å²) in [6.45, 7) is 1.59. The Hall–Kier alpha value is -2.97. The fourth-order valence-electron chi connectivity index (χ4n) is 2.31. The average Bonchev–Trinajstić information content (AvgIpc) is 3.16. The number of hydrogen-bond donors (Lipinski definition) is 2. The molecule has 3 rings (SSSR count). The Morgan fingerprint density at radius 2 is 1.89 bits per heavy atom. The fraction of sp³-hybridized carbons (Fsp3) is 0.158. The zero-order valence-corrected chi connectivity index (χ0v) is 16.7. The van der Waals surface area contributed by atoms with Gasteiger partial charge in [0.2, 0.25) is 11.0 Å². The van der Waals surface area contributed by atoms with Crippen molar-refractivity contribution in [2.75, 3.05) is 12.4 Å². The Morgan fingerprint density at radius 1 is 1.14 bits per heavy atom. The maximum atomic E-state index is 12.3. The number of ether oxygens (including phenoxy) is 1. The smallest absolute Gasteiger partial charge is 0.251 e. The van der Waals surface area contributed by atoms with E-state index in [4.69, 9.17) is 16.3 Å². The number of anilines is 1. The van der Waals surface area contributed by atoms with Crippen molar-refractivity contribution < 1.29 is 14.3 Å². The van der Waals surface area contributed by atoms with Gasteiger partial charge < -0.3 is 10.1 Å². The Bertz CT molecular complexity index is 991. The van der Waals surface area contributed by atoms with Gasteiger partial charge in [-0.1, -0.05) is 29.0 Å². The van der Waals surface area contributed by atoms with E-state index in [1.807, 2.05) is 24.3 Å². The summed E-state index contributed by atoms with van der Waals surface area (Å²) in [4.78, 5) is 24.6. The van der Waals surface area contributed by atoms with E-state index in [2.05, 4.69) is 20.8 Å². The van der Waals surface area contributed by atoms with Crippen LogP contribution in [-0.4, -0.2) is 35.2 Å². The molecule has 7 nitrogen and oxygen atoms in total. The number of rotatable bonds is 6. The number of benzene rings is 2. The molecule has 0 saturated carbocycles. The van der Waals surface area contributed by atoms with Crippen molar-refractivity contribution in [3.63, 3.8) is 0 Å². The zero-order chi connectivity index (χ0) is 20.1. The first-order chi connectivity index (χ1) is 13.5. The molecule has 0 aliphatic heterocycles. The number of hydrogen-bond acceptors (Lipinski definition) is 6. The van der Waals surface area contributed by atoms with Crippen LogP contribution in [0, 0.1) is 0 Å². The Balaban J connectivity index is 1.61. The van der Waals surface area contributed by atoms with Crippen LogP contribution < -0.4 is 15.4 Å². The molecule has 0 spiro atoms. The second-order valence-electron chi connectivity index (χ2n) is 5.84. The molecule has 1 aromatic heterocycles. The molecule has 9 heteroatoms. The van der Waals surface area contributed by atoms with Gasteiger partial charge in [-0.2, -0.15) is 0 Å². The van der Waals surface area contributed by atoms with E-state index in [0.717, 1.165) is 11.3 Å². The Labute approximate surface area is 170 Å². The zero-order valence-electron chi connectivity index (χ0n) is 15.1. The van der Waals surface area contributed by atoms with Crippen LogP contribution in [-0.2, 0) is 4.79 Å². The first kappa shape index (κ1) is 19.8. The van der Waals surface area contributed by atoms with Crippen molar-refractivity contribution >= 4 is 39.9 Å². The first-order valence-corrected chi connectivity index (χ1v) is 9.51. The maximum absolute atomic E-state index is 12.3. The lowest BCUT2D eigenvalue weighted by Crippen LogP contribution is -2.41. The minimum atomic E-state index is -0.764. The first-order valence-electron chi connectivity index (χ1n) is 8.31. The molecule has 28 heavy (non-hydrogen) atoms. The molecule has 0 radical (unpaired) electrons. The van der Waals surface area contributed by atoms with Crippen molar-refractivity contribution in [1.29, 1.82) is 0 Å². The molecule has 3 aromatic rings. The van der Waals surface area contributed by atoms with Crippen LogP contribution in [0.15, 0.2) is 48.5 Å². The molecule has 0 bridgehead atoms. The molecule has 0 saturated heterocycles. The average molecular weight is 417 g/mol. The minimum Gasteiger partial charge on any atom is -0.497 e. The van der Waals surface area contributed by atoms with Gasteiger partial charge in [-0.25, -0.2) is 0 Å². The lowest BCUT2D eigenvalue weighted by molar-refractivity contribution is -0.117. The van der Waals surface area contributed by atoms with E-state index in [1.54, 1.807) is 32.2 Å². The molecular weight excluding hydrogens is 400 g/mol. The molecule has 2 aromatic carbocycles. The fourth-order valence-corrected chi connectivity index (χ4v) is 3.26. The molecule has 2 amide bonds. The van der Waals surface area contributed by atoms with Crippen LogP contribution in [0.3, 0.4) is 0 Å². The van der Waals surface area contributed by atoms with Gasteiger partial charge in [0.05, 0.1) is 7.11 Å². The molecule has 1 heterocycles. The lowest BCUT2D eigenvalue weighted by Gasteiger charge is -2.12. The van der Waals surface area contributed by atoms with Gasteiger partial charge in [-0.05, 0) is 49.4 Å². The van der Waals surface area contributed by atoms with Crippen molar-refractivity contribution in [2.45, 2.75) is 13.0 Å². The highest BCUT2D eigenvalue weighted by Crippen LogP contribution is 2.27. The molecule has 0 aliphatic carbocycles. The van der Waals surface area contributed by atoms with Gasteiger partial charge in [0.15, 0.2) is 0 Å². The van der Waals surface area contributed by atoms with E-state index in [0.29, 0.717) is 20.7 Å². The van der Waals surface area contributed by atoms with E-state index in [-0.39, 0.29) is 5.91 Å². The van der Waals surface area contributed by atoms with Crippen LogP contribution >= 0.6 is 22.9 Å². The summed E-state index contributed by atoms with van der Waals surface area (Å²) in [5.74, 6) is -0.0415. The van der Waals surface area contributed by atoms with Crippen LogP contribution in [0.1, 0.15) is 17.3 Å². The van der Waals surface area contributed by atoms with Crippen LogP contribution in [0.5, 0.6) is 5.75 Å². The number of nitrogens with zero attached hydrogens (tertiary/aromatic N) is 2. The molecular formula is C19H17ClN4O3S. The molecule has 0 fully saturated rings. The Kier molecular flexibility index (Phi) is 6.23. The molecule has 0 unspecified atom stereocenters. The lowest BCUT2D eigenvalue weighted by atomic mass is 10.2. The van der Waals surface area contributed by atoms with Crippen molar-refractivity contribution in [2.24, 2.45) is 0 Å². The van der Waals surface area contributed by atoms with E-state index < -0.39 is 11.9 Å². The van der Waals surface area contributed by atoms with Gasteiger partial charge in [0.25, 0.3) is 5.91 Å². The van der Waals surface area contributed by atoms with E-state index in [1.165, 1.54) is 17.4 Å². The predicted octanol–water partition coefficient (Wildman–Crippen LogP) is 3.62. The summed E-state index contributed by atoms with van der Waals surface area (Å²) < 4.78 is 5.13. The van der Waals surface area contributed by atoms with E-state index in [9.17, 15) is 9.59 Å². The van der Waals surface area contributed by atoms with Crippen LogP contribution in [0.2, 0.25) is 5.02 Å². The summed E-state index contributed by atoms with van der Waals surface area (Å²) in [5.41, 5.74) is 1.24. The SMILES string of the molecule is COc1ccc(-c2nnc(NC(=O)[C@@H](C)NC(=O)c3cccc(Cl)c3)s2)cc1. The maximum Gasteiger partial charge on any atom is 0.251 e. The van der Waals surface area contributed by atoms with Crippen molar-refractivity contribution in [3.8, 4) is 16.3 Å². The van der Waals surface area contributed by atoms with Crippen LogP contribution in [0.25, 0.3) is 10.6 Å². The summed E-state index contributed by atoms with van der Waals surface area (Å²) in [5, 5.41) is 14.8. The predicted molar refractivity (Wildman–Crippen MR) is 109 cm³/mol. The number of nitrogens with one attached hydrogen (secondary N) is 2. The minimum absolute atomic E-state index is 0.347. The number of methoxy groups -OCH3 is 1. The summed E-state index contributed by atoms with van der Waals surface area (Å²) in [6.07, 6.45) is 0. The van der Waals surface area contributed by atoms with Crippen LogP contribution in [0.4, 0.5) is 5.13 Å². The van der Waals surface area contributed by atoms with Gasteiger partial charge in [0.1, 0.15) is 16.8 Å². The highest BCUT2D eigenvalue weighted by Gasteiger charge is 2.18. The molecule has 144 valence electrons.